The van der Waals surface area contributed by atoms with Crippen LogP contribution in [0.5, 0.6) is 0 Å². The molecule has 2 saturated heterocycles. The van der Waals surface area contributed by atoms with Gasteiger partial charge >= 0.3 is 18.3 Å². The van der Waals surface area contributed by atoms with Crippen molar-refractivity contribution in [3.8, 4) is 0 Å². The molecule has 1 amide bonds. The Kier molecular flexibility index (Phi) is 8.93. The van der Waals surface area contributed by atoms with E-state index in [4.69, 9.17) is 9.47 Å². The van der Waals surface area contributed by atoms with Gasteiger partial charge in [0.15, 0.2) is 0 Å². The average Bonchev–Trinajstić information content (AvgIpc) is 3.57. The first-order chi connectivity index (χ1) is 24.1. The van der Waals surface area contributed by atoms with E-state index in [9.17, 15) is 44.7 Å². The van der Waals surface area contributed by atoms with Crippen molar-refractivity contribution in [3.05, 3.63) is 100 Å². The lowest BCUT2D eigenvalue weighted by Gasteiger charge is -2.50. The molecule has 1 spiro atoms. The number of piperidine rings is 1. The van der Waals surface area contributed by atoms with Crippen LogP contribution in [-0.2, 0) is 50.0 Å². The van der Waals surface area contributed by atoms with E-state index in [2.05, 4.69) is 4.90 Å². The molecule has 3 aromatic rings. The van der Waals surface area contributed by atoms with Gasteiger partial charge in [-0.2, -0.15) is 26.3 Å². The number of para-hydroxylation sites is 1. The highest BCUT2D eigenvalue weighted by molar-refractivity contribution is 6.09. The second-order valence-corrected chi connectivity index (χ2v) is 13.9. The maximum absolute atomic E-state index is 14.7. The molecule has 14 heteroatoms. The van der Waals surface area contributed by atoms with Crippen molar-refractivity contribution in [1.82, 2.24) is 4.90 Å². The summed E-state index contributed by atoms with van der Waals surface area (Å²) in [5, 5.41) is 0. The molecule has 0 unspecified atom stereocenters. The van der Waals surface area contributed by atoms with Crippen molar-refractivity contribution in [1.29, 1.82) is 0 Å². The Morgan fingerprint density at radius 1 is 0.902 bits per heavy atom. The van der Waals surface area contributed by atoms with Gasteiger partial charge in [-0.3, -0.25) is 14.5 Å². The summed E-state index contributed by atoms with van der Waals surface area (Å²) >= 11 is 0. The Labute approximate surface area is 288 Å². The third-order valence-electron chi connectivity index (χ3n) is 11.4. The van der Waals surface area contributed by atoms with Crippen LogP contribution in [0.1, 0.15) is 53.5 Å². The zero-order valence-electron chi connectivity index (χ0n) is 27.4. The molecule has 3 heterocycles. The predicted octanol–water partition coefficient (Wildman–Crippen LogP) is 7.67. The number of alkyl halides is 6. The SMILES string of the molecule is COC(=O)[C@@H]1[C@H]2C[C@@H]3N(CC[C@@]34C(=O)N(Cc3ccc(F)cc3C(F)(F)F)c3ccccc34)C[C@@H]2CC[C@@H]1OCc1ccc(F)cc1C(F)(F)F. The first-order valence-electron chi connectivity index (χ1n) is 16.7. The zero-order chi connectivity index (χ0) is 36.5. The fourth-order valence-corrected chi connectivity index (χ4v) is 9.17. The second kappa shape index (κ2) is 12.9. The number of rotatable bonds is 6. The highest BCUT2D eigenvalue weighted by Crippen LogP contribution is 2.57. The standard InChI is InChI=1S/C37H34F8N2O4/c1-50-33(48)32-25-16-31-35(26-4-2-3-5-29(26)47(34(35)49)18-21-6-9-23(38)14-27(21)36(40,41)42)12-13-46(31)17-20(25)8-11-30(32)51-19-22-7-10-24(39)15-28(22)37(43,44)45/h2-7,9-10,14-15,20,25,30-32H,8,11-13,16-19H2,1H3/t20-,25-,30-,31-,32+,35-/m0/s1. The molecule has 1 aliphatic carbocycles. The van der Waals surface area contributed by atoms with E-state index in [1.54, 1.807) is 24.3 Å². The maximum Gasteiger partial charge on any atom is 0.416 e. The molecule has 4 aliphatic rings. The van der Waals surface area contributed by atoms with E-state index in [-0.39, 0.29) is 28.9 Å². The molecule has 0 aromatic heterocycles. The van der Waals surface area contributed by atoms with Crippen LogP contribution in [0.25, 0.3) is 0 Å². The molecule has 3 aliphatic heterocycles. The Morgan fingerprint density at radius 3 is 2.22 bits per heavy atom. The van der Waals surface area contributed by atoms with E-state index in [1.807, 2.05) is 0 Å². The van der Waals surface area contributed by atoms with Crippen LogP contribution in [0, 0.1) is 29.4 Å². The predicted molar refractivity (Wildman–Crippen MR) is 167 cm³/mol. The van der Waals surface area contributed by atoms with E-state index < -0.39 is 77.7 Å². The molecule has 0 bridgehead atoms. The van der Waals surface area contributed by atoms with Crippen molar-refractivity contribution in [2.75, 3.05) is 25.1 Å². The number of anilines is 1. The Morgan fingerprint density at radius 2 is 1.55 bits per heavy atom. The Hall–Kier alpha value is -4.04. The van der Waals surface area contributed by atoms with E-state index >= 15 is 0 Å². The molecule has 7 rings (SSSR count). The number of halogens is 8. The monoisotopic (exact) mass is 722 g/mol. The lowest BCUT2D eigenvalue weighted by molar-refractivity contribution is -0.166. The average molecular weight is 723 g/mol. The molecule has 3 aromatic carbocycles. The molecule has 6 atom stereocenters. The van der Waals surface area contributed by atoms with Gasteiger partial charge in [-0.25, -0.2) is 8.78 Å². The van der Waals surface area contributed by atoms with Crippen molar-refractivity contribution in [2.24, 2.45) is 17.8 Å². The summed E-state index contributed by atoms with van der Waals surface area (Å²) in [5.41, 5.74) is -2.90. The van der Waals surface area contributed by atoms with Crippen molar-refractivity contribution in [3.63, 3.8) is 0 Å². The summed E-state index contributed by atoms with van der Waals surface area (Å²) < 4.78 is 122. The van der Waals surface area contributed by atoms with Gasteiger partial charge in [0, 0.05) is 18.3 Å². The topological polar surface area (TPSA) is 59.1 Å². The van der Waals surface area contributed by atoms with Gasteiger partial charge in [-0.05, 0) is 91.1 Å². The number of methoxy groups -OCH3 is 1. The van der Waals surface area contributed by atoms with Gasteiger partial charge in [-0.15, -0.1) is 0 Å². The fourth-order valence-electron chi connectivity index (χ4n) is 9.17. The number of fused-ring (bicyclic) bond motifs is 5. The van der Waals surface area contributed by atoms with E-state index in [0.29, 0.717) is 62.2 Å². The van der Waals surface area contributed by atoms with Crippen LogP contribution in [-0.4, -0.2) is 49.1 Å². The second-order valence-electron chi connectivity index (χ2n) is 13.9. The number of esters is 1. The van der Waals surface area contributed by atoms with Crippen LogP contribution in [0.2, 0.25) is 0 Å². The van der Waals surface area contributed by atoms with Gasteiger partial charge in [0.2, 0.25) is 5.91 Å². The highest BCUT2D eigenvalue weighted by Gasteiger charge is 2.63. The molecular formula is C37H34F8N2O4. The lowest BCUT2D eigenvalue weighted by Crippen LogP contribution is -2.58. The highest BCUT2D eigenvalue weighted by atomic mass is 19.4. The quantitative estimate of drug-likeness (QED) is 0.193. The van der Waals surface area contributed by atoms with Gasteiger partial charge in [-0.1, -0.05) is 30.3 Å². The van der Waals surface area contributed by atoms with E-state index in [1.165, 1.54) is 12.0 Å². The van der Waals surface area contributed by atoms with Gasteiger partial charge in [0.05, 0.1) is 48.8 Å². The number of hydrogen-bond acceptors (Lipinski definition) is 5. The Balaban J connectivity index is 1.19. The number of nitrogens with zero attached hydrogens (tertiary/aromatic N) is 2. The number of ether oxygens (including phenoxy) is 2. The van der Waals surface area contributed by atoms with Crippen molar-refractivity contribution < 1.29 is 54.2 Å². The maximum atomic E-state index is 14.7. The molecule has 0 N–H and O–H groups in total. The molecule has 51 heavy (non-hydrogen) atoms. The number of hydrogen-bond donors (Lipinski definition) is 0. The minimum Gasteiger partial charge on any atom is -0.469 e. The van der Waals surface area contributed by atoms with Crippen LogP contribution in [0.4, 0.5) is 40.8 Å². The summed E-state index contributed by atoms with van der Waals surface area (Å²) in [6.07, 6.45) is -8.84. The minimum absolute atomic E-state index is 0.0201. The largest absolute Gasteiger partial charge is 0.469 e. The summed E-state index contributed by atoms with van der Waals surface area (Å²) in [5.74, 6) is -4.36. The third-order valence-corrected chi connectivity index (χ3v) is 11.4. The van der Waals surface area contributed by atoms with Crippen LogP contribution in [0.15, 0.2) is 60.7 Å². The first-order valence-corrected chi connectivity index (χ1v) is 16.7. The fraction of sp³-hybridized carbons (Fsp3) is 0.459. The third kappa shape index (κ3) is 6.07. The number of carbonyl (C=O) groups excluding carboxylic acids is 2. The minimum atomic E-state index is -4.85. The number of carbonyl (C=O) groups is 2. The van der Waals surface area contributed by atoms with Gasteiger partial charge < -0.3 is 14.4 Å². The molecule has 1 saturated carbocycles. The Bertz CT molecular complexity index is 1850. The lowest BCUT2D eigenvalue weighted by atomic mass is 9.62. The molecular weight excluding hydrogens is 688 g/mol. The van der Waals surface area contributed by atoms with Crippen molar-refractivity contribution in [2.45, 2.75) is 68.7 Å². The molecule has 272 valence electrons. The summed E-state index contributed by atoms with van der Waals surface area (Å²) in [6.45, 7) is 0.0998. The molecule has 3 fully saturated rings. The summed E-state index contributed by atoms with van der Waals surface area (Å²) in [6, 6.07) is 11.2. The van der Waals surface area contributed by atoms with Gasteiger partial charge in [0.25, 0.3) is 0 Å². The van der Waals surface area contributed by atoms with Crippen LogP contribution >= 0.6 is 0 Å². The van der Waals surface area contributed by atoms with Crippen molar-refractivity contribution >= 4 is 17.6 Å². The van der Waals surface area contributed by atoms with Crippen LogP contribution in [0.3, 0.4) is 0 Å². The number of benzene rings is 3. The molecule has 0 radical (unpaired) electrons. The van der Waals surface area contributed by atoms with Gasteiger partial charge in [0.1, 0.15) is 11.6 Å². The summed E-state index contributed by atoms with van der Waals surface area (Å²) in [4.78, 5) is 31.6. The smallest absolute Gasteiger partial charge is 0.416 e. The number of amides is 1. The normalized spacial score (nSPS) is 27.7. The zero-order valence-corrected chi connectivity index (χ0v) is 27.4. The first kappa shape index (κ1) is 35.4. The van der Waals surface area contributed by atoms with Crippen LogP contribution < -0.4 is 4.90 Å². The molecule has 6 nitrogen and oxygen atoms in total. The van der Waals surface area contributed by atoms with E-state index in [0.717, 1.165) is 24.3 Å². The summed E-state index contributed by atoms with van der Waals surface area (Å²) in [7, 11) is 1.22.